The van der Waals surface area contributed by atoms with E-state index in [2.05, 4.69) is 10.6 Å². The van der Waals surface area contributed by atoms with Crippen molar-refractivity contribution in [1.82, 2.24) is 5.32 Å². The van der Waals surface area contributed by atoms with Gasteiger partial charge in [-0.1, -0.05) is 18.2 Å². The maximum absolute atomic E-state index is 12.5. The van der Waals surface area contributed by atoms with Crippen molar-refractivity contribution in [3.63, 3.8) is 0 Å². The lowest BCUT2D eigenvalue weighted by atomic mass is 10.1. The monoisotopic (exact) mass is 350 g/mol. The van der Waals surface area contributed by atoms with Crippen LogP contribution in [0.15, 0.2) is 71.3 Å². The maximum atomic E-state index is 12.5. The molecule has 3 rings (SSSR count). The molecule has 0 fully saturated rings. The highest BCUT2D eigenvalue weighted by molar-refractivity contribution is 6.06. The van der Waals surface area contributed by atoms with Crippen molar-refractivity contribution in [2.45, 2.75) is 6.54 Å². The smallest absolute Gasteiger partial charge is 0.255 e. The number of para-hydroxylation sites is 2. The largest absolute Gasteiger partial charge is 0.495 e. The van der Waals surface area contributed by atoms with Crippen LogP contribution in [0.2, 0.25) is 0 Å². The Bertz CT molecular complexity index is 904. The second kappa shape index (κ2) is 8.02. The zero-order valence-electron chi connectivity index (χ0n) is 14.2. The molecule has 0 spiro atoms. The molecule has 0 bridgehead atoms. The predicted octanol–water partition coefficient (Wildman–Crippen LogP) is 3.47. The molecule has 132 valence electrons. The third kappa shape index (κ3) is 4.10. The fourth-order valence-electron chi connectivity index (χ4n) is 2.43. The molecule has 0 radical (unpaired) electrons. The molecule has 6 nitrogen and oxygen atoms in total. The number of hydrogen-bond acceptors (Lipinski definition) is 4. The summed E-state index contributed by atoms with van der Waals surface area (Å²) >= 11 is 0. The molecule has 0 atom stereocenters. The van der Waals surface area contributed by atoms with Crippen LogP contribution in [-0.4, -0.2) is 18.9 Å². The Morgan fingerprint density at radius 1 is 0.962 bits per heavy atom. The third-order valence-electron chi connectivity index (χ3n) is 3.75. The summed E-state index contributed by atoms with van der Waals surface area (Å²) < 4.78 is 10.4. The predicted molar refractivity (Wildman–Crippen MR) is 97.3 cm³/mol. The van der Waals surface area contributed by atoms with Gasteiger partial charge in [0.1, 0.15) is 11.5 Å². The van der Waals surface area contributed by atoms with Gasteiger partial charge in [-0.05, 0) is 42.5 Å². The Labute approximate surface area is 150 Å². The van der Waals surface area contributed by atoms with E-state index in [0.29, 0.717) is 28.3 Å². The minimum absolute atomic E-state index is 0.281. The number of carbonyl (C=O) groups is 2. The van der Waals surface area contributed by atoms with Crippen molar-refractivity contribution < 1.29 is 18.7 Å². The molecular formula is C20H18N2O4. The minimum Gasteiger partial charge on any atom is -0.495 e. The fraction of sp³-hybridized carbons (Fsp3) is 0.100. The molecule has 2 aromatic carbocycles. The molecule has 1 heterocycles. The number of anilines is 1. The topological polar surface area (TPSA) is 80.6 Å². The van der Waals surface area contributed by atoms with Crippen molar-refractivity contribution in [3.8, 4) is 5.75 Å². The first kappa shape index (κ1) is 17.3. The van der Waals surface area contributed by atoms with Crippen LogP contribution < -0.4 is 15.4 Å². The first-order chi connectivity index (χ1) is 12.7. The molecule has 26 heavy (non-hydrogen) atoms. The quantitative estimate of drug-likeness (QED) is 0.713. The van der Waals surface area contributed by atoms with Gasteiger partial charge in [0.2, 0.25) is 0 Å². The van der Waals surface area contributed by atoms with E-state index in [1.807, 2.05) is 6.07 Å². The first-order valence-corrected chi connectivity index (χ1v) is 8.02. The molecule has 2 N–H and O–H groups in total. The molecule has 6 heteroatoms. The standard InChI is InChI=1S/C20H18N2O4/c1-25-18-10-3-2-9-17(18)22-20(24)15-7-4-6-14(12-15)19(23)21-13-16-8-5-11-26-16/h2-12H,13H2,1H3,(H,21,23)(H,22,24). The zero-order valence-corrected chi connectivity index (χ0v) is 14.2. The zero-order chi connectivity index (χ0) is 18.4. The molecule has 0 unspecified atom stereocenters. The van der Waals surface area contributed by atoms with Crippen molar-refractivity contribution in [3.05, 3.63) is 83.8 Å². The molecule has 0 saturated heterocycles. The minimum atomic E-state index is -0.324. The summed E-state index contributed by atoms with van der Waals surface area (Å²) in [6, 6.07) is 17.2. The van der Waals surface area contributed by atoms with Gasteiger partial charge in [-0.3, -0.25) is 9.59 Å². The molecule has 0 aliphatic carbocycles. The van der Waals surface area contributed by atoms with Gasteiger partial charge in [0, 0.05) is 11.1 Å². The molecule has 3 aromatic rings. The van der Waals surface area contributed by atoms with E-state index >= 15 is 0 Å². The summed E-state index contributed by atoms with van der Waals surface area (Å²) in [5.74, 6) is 0.611. The van der Waals surface area contributed by atoms with E-state index in [9.17, 15) is 9.59 Å². The van der Waals surface area contributed by atoms with E-state index in [1.165, 1.54) is 7.11 Å². The van der Waals surface area contributed by atoms with Crippen LogP contribution in [0.1, 0.15) is 26.5 Å². The van der Waals surface area contributed by atoms with Crippen LogP contribution in [0.3, 0.4) is 0 Å². The second-order valence-electron chi connectivity index (χ2n) is 5.50. The summed E-state index contributed by atoms with van der Waals surface area (Å²) in [6.07, 6.45) is 1.55. The van der Waals surface area contributed by atoms with E-state index in [-0.39, 0.29) is 18.4 Å². The Morgan fingerprint density at radius 2 is 1.73 bits per heavy atom. The number of benzene rings is 2. The summed E-state index contributed by atoms with van der Waals surface area (Å²) in [5, 5.41) is 5.54. The van der Waals surface area contributed by atoms with Gasteiger partial charge in [-0.2, -0.15) is 0 Å². The average Bonchev–Trinajstić information content (AvgIpc) is 3.20. The van der Waals surface area contributed by atoms with Crippen LogP contribution in [0.5, 0.6) is 5.75 Å². The van der Waals surface area contributed by atoms with Crippen LogP contribution in [0, 0.1) is 0 Å². The molecule has 2 amide bonds. The molecule has 0 saturated carbocycles. The van der Waals surface area contributed by atoms with Crippen molar-refractivity contribution in [2.75, 3.05) is 12.4 Å². The highest BCUT2D eigenvalue weighted by atomic mass is 16.5. The molecule has 0 aliphatic rings. The van der Waals surface area contributed by atoms with Gasteiger partial charge in [0.05, 0.1) is 25.6 Å². The van der Waals surface area contributed by atoms with Crippen molar-refractivity contribution in [2.24, 2.45) is 0 Å². The number of ether oxygens (including phenoxy) is 1. The van der Waals surface area contributed by atoms with E-state index < -0.39 is 0 Å². The normalized spacial score (nSPS) is 10.2. The van der Waals surface area contributed by atoms with Crippen LogP contribution >= 0.6 is 0 Å². The molecule has 0 aliphatic heterocycles. The Morgan fingerprint density at radius 3 is 2.46 bits per heavy atom. The van der Waals surface area contributed by atoms with E-state index in [1.54, 1.807) is 60.9 Å². The average molecular weight is 350 g/mol. The Kier molecular flexibility index (Phi) is 5.34. The lowest BCUT2D eigenvalue weighted by Gasteiger charge is -2.10. The third-order valence-corrected chi connectivity index (χ3v) is 3.75. The second-order valence-corrected chi connectivity index (χ2v) is 5.50. The summed E-state index contributed by atoms with van der Waals surface area (Å²) in [5.41, 5.74) is 1.33. The number of hydrogen-bond donors (Lipinski definition) is 2. The number of rotatable bonds is 6. The number of furan rings is 1. The van der Waals surface area contributed by atoms with Gasteiger partial charge in [0.15, 0.2) is 0 Å². The van der Waals surface area contributed by atoms with Crippen molar-refractivity contribution in [1.29, 1.82) is 0 Å². The lowest BCUT2D eigenvalue weighted by molar-refractivity contribution is 0.0948. The summed E-state index contributed by atoms with van der Waals surface area (Å²) in [6.45, 7) is 0.281. The number of carbonyl (C=O) groups excluding carboxylic acids is 2. The first-order valence-electron chi connectivity index (χ1n) is 8.02. The maximum Gasteiger partial charge on any atom is 0.255 e. The molecular weight excluding hydrogens is 332 g/mol. The summed E-state index contributed by atoms with van der Waals surface area (Å²) in [7, 11) is 1.54. The van der Waals surface area contributed by atoms with Gasteiger partial charge >= 0.3 is 0 Å². The number of nitrogens with one attached hydrogen (secondary N) is 2. The van der Waals surface area contributed by atoms with Gasteiger partial charge in [0.25, 0.3) is 11.8 Å². The van der Waals surface area contributed by atoms with Crippen LogP contribution in [-0.2, 0) is 6.54 Å². The summed E-state index contributed by atoms with van der Waals surface area (Å²) in [4.78, 5) is 24.8. The van der Waals surface area contributed by atoms with Gasteiger partial charge in [-0.25, -0.2) is 0 Å². The number of amides is 2. The fourth-order valence-corrected chi connectivity index (χ4v) is 2.43. The van der Waals surface area contributed by atoms with Crippen LogP contribution in [0.25, 0.3) is 0 Å². The SMILES string of the molecule is COc1ccccc1NC(=O)c1cccc(C(=O)NCc2ccco2)c1. The van der Waals surface area contributed by atoms with Crippen LogP contribution in [0.4, 0.5) is 5.69 Å². The van der Waals surface area contributed by atoms with Gasteiger partial charge in [-0.15, -0.1) is 0 Å². The van der Waals surface area contributed by atoms with E-state index in [0.717, 1.165) is 0 Å². The van der Waals surface area contributed by atoms with Crippen molar-refractivity contribution >= 4 is 17.5 Å². The highest BCUT2D eigenvalue weighted by Crippen LogP contribution is 2.23. The highest BCUT2D eigenvalue weighted by Gasteiger charge is 2.12. The van der Waals surface area contributed by atoms with E-state index in [4.69, 9.17) is 9.15 Å². The molecule has 1 aromatic heterocycles. The Balaban J connectivity index is 1.69. The van der Waals surface area contributed by atoms with Gasteiger partial charge < -0.3 is 19.8 Å². The number of methoxy groups -OCH3 is 1. The Hall–Kier alpha value is -3.54. The lowest BCUT2D eigenvalue weighted by Crippen LogP contribution is -2.23.